The fourth-order valence-electron chi connectivity index (χ4n) is 1.78. The highest BCUT2D eigenvalue weighted by Gasteiger charge is 2.33. The van der Waals surface area contributed by atoms with Crippen LogP contribution in [0.25, 0.3) is 0 Å². The topological polar surface area (TPSA) is 27.7 Å². The quantitative estimate of drug-likeness (QED) is 0.344. The molecule has 0 N–H and O–H groups in total. The maximum atomic E-state index is 5.66. The molecule has 1 heterocycles. The Labute approximate surface area is 116 Å². The summed E-state index contributed by atoms with van der Waals surface area (Å²) in [5.41, 5.74) is 0.252. The Balaban J connectivity index is 1.98. The fraction of sp³-hybridized carbons (Fsp3) is 0.625. The largest absolute Gasteiger partial charge is 0.494 e. The van der Waals surface area contributed by atoms with Crippen LogP contribution in [0.3, 0.4) is 0 Å². The van der Waals surface area contributed by atoms with Crippen LogP contribution < -0.4 is 0 Å². The van der Waals surface area contributed by atoms with Gasteiger partial charge >= 0.3 is 0 Å². The van der Waals surface area contributed by atoms with E-state index in [0.717, 1.165) is 45.0 Å². The molecular weight excluding hydrogens is 240 g/mol. The van der Waals surface area contributed by atoms with Gasteiger partial charge in [0.15, 0.2) is 0 Å². The lowest BCUT2D eigenvalue weighted by Gasteiger charge is -2.37. The van der Waals surface area contributed by atoms with Crippen molar-refractivity contribution < 1.29 is 14.2 Å². The highest BCUT2D eigenvalue weighted by molar-refractivity contribution is 5.16. The lowest BCUT2D eigenvalue weighted by atomic mass is 9.90. The maximum Gasteiger partial charge on any atom is 0.118 e. The molecule has 0 aromatic heterocycles. The Morgan fingerprint density at radius 2 is 2.05 bits per heavy atom. The van der Waals surface area contributed by atoms with Crippen molar-refractivity contribution in [2.75, 3.05) is 33.0 Å². The lowest BCUT2D eigenvalue weighted by Crippen LogP contribution is -2.43. The Morgan fingerprint density at radius 1 is 1.32 bits per heavy atom. The smallest absolute Gasteiger partial charge is 0.118 e. The molecule has 0 radical (unpaired) electrons. The molecule has 0 amide bonds. The van der Waals surface area contributed by atoms with E-state index in [2.05, 4.69) is 13.5 Å². The van der Waals surface area contributed by atoms with Gasteiger partial charge in [0.25, 0.3) is 0 Å². The zero-order valence-electron chi connectivity index (χ0n) is 12.2. The molecule has 1 saturated heterocycles. The normalized spacial score (nSPS) is 18.3. The summed E-state index contributed by atoms with van der Waals surface area (Å²) >= 11 is 0. The van der Waals surface area contributed by atoms with Crippen molar-refractivity contribution in [1.82, 2.24) is 0 Å². The van der Waals surface area contributed by atoms with Crippen molar-refractivity contribution in [3.63, 3.8) is 0 Å². The van der Waals surface area contributed by atoms with Gasteiger partial charge in [-0.3, -0.25) is 0 Å². The van der Waals surface area contributed by atoms with Crippen molar-refractivity contribution in [1.29, 1.82) is 0 Å². The number of hydrogen-bond acceptors (Lipinski definition) is 3. The molecule has 0 aliphatic carbocycles. The number of unbranched alkanes of at least 4 members (excludes halogenated alkanes) is 1. The van der Waals surface area contributed by atoms with E-state index in [4.69, 9.17) is 14.2 Å². The Hall–Kier alpha value is -1.06. The Morgan fingerprint density at radius 3 is 2.63 bits per heavy atom. The van der Waals surface area contributed by atoms with Gasteiger partial charge in [-0.15, -0.1) is 0 Å². The van der Waals surface area contributed by atoms with Crippen LogP contribution in [0.5, 0.6) is 0 Å². The molecule has 3 heteroatoms. The van der Waals surface area contributed by atoms with Crippen LogP contribution in [-0.2, 0) is 14.2 Å². The first kappa shape index (κ1) is 16.0. The molecule has 0 aromatic carbocycles. The van der Waals surface area contributed by atoms with Gasteiger partial charge in [-0.1, -0.05) is 25.7 Å². The van der Waals surface area contributed by atoms with Gasteiger partial charge < -0.3 is 14.2 Å². The van der Waals surface area contributed by atoms with E-state index in [1.165, 1.54) is 0 Å². The van der Waals surface area contributed by atoms with Crippen LogP contribution in [0.4, 0.5) is 0 Å². The second kappa shape index (κ2) is 8.94. The van der Waals surface area contributed by atoms with Gasteiger partial charge in [0.05, 0.1) is 26.4 Å². The Kier molecular flexibility index (Phi) is 7.53. The zero-order valence-corrected chi connectivity index (χ0v) is 12.2. The summed E-state index contributed by atoms with van der Waals surface area (Å²) in [6.45, 7) is 11.8. The summed E-state index contributed by atoms with van der Waals surface area (Å²) in [6.07, 6.45) is 9.52. The average Bonchev–Trinajstić information content (AvgIpc) is 2.36. The zero-order chi connectivity index (χ0) is 14.0. The first-order valence-corrected chi connectivity index (χ1v) is 6.94. The third-order valence-electron chi connectivity index (χ3n) is 2.92. The fourth-order valence-corrected chi connectivity index (χ4v) is 1.78. The molecule has 1 aliphatic heterocycles. The predicted octanol–water partition coefficient (Wildman–Crippen LogP) is 3.48. The van der Waals surface area contributed by atoms with Gasteiger partial charge in [-0.2, -0.15) is 0 Å². The van der Waals surface area contributed by atoms with E-state index >= 15 is 0 Å². The van der Waals surface area contributed by atoms with E-state index in [1.807, 2.05) is 25.2 Å². The van der Waals surface area contributed by atoms with Gasteiger partial charge in [0, 0.05) is 12.0 Å². The predicted molar refractivity (Wildman–Crippen MR) is 78.0 cm³/mol. The minimum absolute atomic E-state index is 0.252. The van der Waals surface area contributed by atoms with Crippen LogP contribution in [-0.4, -0.2) is 33.0 Å². The van der Waals surface area contributed by atoms with Gasteiger partial charge in [0.2, 0.25) is 0 Å². The maximum absolute atomic E-state index is 5.66. The van der Waals surface area contributed by atoms with Crippen LogP contribution >= 0.6 is 0 Å². The van der Waals surface area contributed by atoms with Gasteiger partial charge in [-0.05, 0) is 31.9 Å². The summed E-state index contributed by atoms with van der Waals surface area (Å²) < 4.78 is 16.5. The molecule has 0 unspecified atom stereocenters. The van der Waals surface area contributed by atoms with Crippen molar-refractivity contribution in [3.8, 4) is 0 Å². The van der Waals surface area contributed by atoms with E-state index < -0.39 is 0 Å². The second-order valence-electron chi connectivity index (χ2n) is 5.22. The molecule has 0 spiro atoms. The molecule has 0 bridgehead atoms. The summed E-state index contributed by atoms with van der Waals surface area (Å²) in [7, 11) is 0. The molecule has 108 valence electrons. The summed E-state index contributed by atoms with van der Waals surface area (Å²) in [4.78, 5) is 0. The van der Waals surface area contributed by atoms with Crippen LogP contribution in [0, 0.1) is 5.41 Å². The third-order valence-corrected chi connectivity index (χ3v) is 2.92. The van der Waals surface area contributed by atoms with E-state index in [0.29, 0.717) is 6.61 Å². The molecule has 0 aromatic rings. The van der Waals surface area contributed by atoms with E-state index in [1.54, 1.807) is 6.08 Å². The average molecular weight is 266 g/mol. The molecular formula is C16H26O3. The SMILES string of the molecule is C=C/C=C(\C=C/C)OCCCCOCC1(C)COC1. The number of allylic oxidation sites excluding steroid dienone is 4. The molecule has 19 heavy (non-hydrogen) atoms. The summed E-state index contributed by atoms with van der Waals surface area (Å²) in [6, 6.07) is 0. The first-order chi connectivity index (χ1) is 9.20. The van der Waals surface area contributed by atoms with E-state index in [9.17, 15) is 0 Å². The summed E-state index contributed by atoms with van der Waals surface area (Å²) in [5.74, 6) is 0.859. The molecule has 1 rings (SSSR count). The van der Waals surface area contributed by atoms with E-state index in [-0.39, 0.29) is 5.41 Å². The van der Waals surface area contributed by atoms with Crippen LogP contribution in [0.1, 0.15) is 26.7 Å². The molecule has 1 aliphatic rings. The Bertz CT molecular complexity index is 314. The minimum Gasteiger partial charge on any atom is -0.494 e. The van der Waals surface area contributed by atoms with Crippen LogP contribution in [0.2, 0.25) is 0 Å². The molecule has 0 saturated carbocycles. The van der Waals surface area contributed by atoms with Gasteiger partial charge in [-0.25, -0.2) is 0 Å². The molecule has 0 atom stereocenters. The van der Waals surface area contributed by atoms with Crippen molar-refractivity contribution in [2.45, 2.75) is 26.7 Å². The number of ether oxygens (including phenoxy) is 3. The molecule has 1 fully saturated rings. The van der Waals surface area contributed by atoms with Crippen molar-refractivity contribution in [3.05, 3.63) is 36.6 Å². The minimum atomic E-state index is 0.252. The first-order valence-electron chi connectivity index (χ1n) is 6.94. The standard InChI is InChI=1S/C16H26O3/c1-4-8-15(9-5-2)19-11-7-6-10-17-12-16(3)13-18-14-16/h4-5,8-9H,1,6-7,10-14H2,2-3H3/b9-5-,15-8+. The summed E-state index contributed by atoms with van der Waals surface area (Å²) in [5, 5.41) is 0. The lowest BCUT2D eigenvalue weighted by molar-refractivity contribution is -0.138. The van der Waals surface area contributed by atoms with Crippen molar-refractivity contribution in [2.24, 2.45) is 5.41 Å². The highest BCUT2D eigenvalue weighted by atomic mass is 16.5. The highest BCUT2D eigenvalue weighted by Crippen LogP contribution is 2.26. The van der Waals surface area contributed by atoms with Crippen molar-refractivity contribution >= 4 is 0 Å². The molecule has 3 nitrogen and oxygen atoms in total. The van der Waals surface area contributed by atoms with Gasteiger partial charge in [0.1, 0.15) is 5.76 Å². The number of hydrogen-bond donors (Lipinski definition) is 0. The monoisotopic (exact) mass is 266 g/mol. The second-order valence-corrected chi connectivity index (χ2v) is 5.22. The number of rotatable bonds is 10. The third kappa shape index (κ3) is 6.60. The van der Waals surface area contributed by atoms with Crippen LogP contribution in [0.15, 0.2) is 36.6 Å².